The Morgan fingerprint density at radius 2 is 2.19 bits per heavy atom. The molecule has 2 aliphatic rings. The predicted molar refractivity (Wildman–Crippen MR) is 59.9 cm³/mol. The zero-order valence-corrected chi connectivity index (χ0v) is 9.91. The van der Waals surface area contributed by atoms with E-state index in [0.717, 1.165) is 38.7 Å². The third kappa shape index (κ3) is 2.74. The number of ether oxygens (including phenoxy) is 2. The van der Waals surface area contributed by atoms with Gasteiger partial charge in [-0.15, -0.1) is 0 Å². The Kier molecular flexibility index (Phi) is 3.50. The molecule has 0 radical (unpaired) electrons. The molecule has 2 N–H and O–H groups in total. The normalized spacial score (nSPS) is 29.5. The molecule has 0 amide bonds. The molecule has 1 saturated carbocycles. The van der Waals surface area contributed by atoms with Crippen LogP contribution in [0.15, 0.2) is 0 Å². The lowest BCUT2D eigenvalue weighted by molar-refractivity contribution is -0.155. The first-order chi connectivity index (χ1) is 7.60. The average molecular weight is 227 g/mol. The number of nitrogens with two attached hydrogens (primary N) is 1. The Morgan fingerprint density at radius 3 is 2.75 bits per heavy atom. The second-order valence-corrected chi connectivity index (χ2v) is 5.14. The van der Waals surface area contributed by atoms with E-state index in [2.05, 4.69) is 0 Å². The van der Waals surface area contributed by atoms with Gasteiger partial charge < -0.3 is 15.2 Å². The third-order valence-corrected chi connectivity index (χ3v) is 3.54. The lowest BCUT2D eigenvalue weighted by atomic mass is 9.98. The van der Waals surface area contributed by atoms with Crippen LogP contribution in [0, 0.1) is 5.92 Å². The van der Waals surface area contributed by atoms with E-state index in [9.17, 15) is 4.79 Å². The van der Waals surface area contributed by atoms with Gasteiger partial charge in [-0.05, 0) is 44.9 Å². The summed E-state index contributed by atoms with van der Waals surface area (Å²) in [4.78, 5) is 11.8. The van der Waals surface area contributed by atoms with Gasteiger partial charge in [-0.3, -0.25) is 4.79 Å². The topological polar surface area (TPSA) is 61.6 Å². The van der Waals surface area contributed by atoms with Gasteiger partial charge in [0.15, 0.2) is 0 Å². The van der Waals surface area contributed by atoms with Crippen LogP contribution >= 0.6 is 0 Å². The molecule has 1 aliphatic carbocycles. The zero-order chi connectivity index (χ0) is 11.6. The standard InChI is InChI=1S/C12H21NO3/c1-12(13,9-5-6-9)11(14)16-8-10-4-2-3-7-15-10/h9-10H,2-8,13H2,1H3. The summed E-state index contributed by atoms with van der Waals surface area (Å²) >= 11 is 0. The van der Waals surface area contributed by atoms with E-state index >= 15 is 0 Å². The van der Waals surface area contributed by atoms with Crippen molar-refractivity contribution in [1.29, 1.82) is 0 Å². The Labute approximate surface area is 96.5 Å². The molecule has 0 aromatic rings. The highest BCUT2D eigenvalue weighted by Crippen LogP contribution is 2.38. The van der Waals surface area contributed by atoms with Gasteiger partial charge in [-0.2, -0.15) is 0 Å². The average Bonchev–Trinajstić information content (AvgIpc) is 3.11. The second-order valence-electron chi connectivity index (χ2n) is 5.14. The fraction of sp³-hybridized carbons (Fsp3) is 0.917. The summed E-state index contributed by atoms with van der Waals surface area (Å²) in [5.41, 5.74) is 5.17. The molecule has 0 aromatic carbocycles. The molecule has 0 aromatic heterocycles. The molecule has 2 fully saturated rings. The van der Waals surface area contributed by atoms with Crippen LogP contribution in [0.3, 0.4) is 0 Å². The van der Waals surface area contributed by atoms with Crippen LogP contribution in [0.4, 0.5) is 0 Å². The van der Waals surface area contributed by atoms with Gasteiger partial charge in [0.2, 0.25) is 0 Å². The number of hydrogen-bond acceptors (Lipinski definition) is 4. The van der Waals surface area contributed by atoms with Crippen molar-refractivity contribution in [2.24, 2.45) is 11.7 Å². The zero-order valence-electron chi connectivity index (χ0n) is 9.91. The van der Waals surface area contributed by atoms with Gasteiger partial charge in [-0.25, -0.2) is 0 Å². The maximum absolute atomic E-state index is 11.8. The summed E-state index contributed by atoms with van der Waals surface area (Å²) in [5, 5.41) is 0. The Morgan fingerprint density at radius 1 is 1.44 bits per heavy atom. The number of hydrogen-bond donors (Lipinski definition) is 1. The van der Waals surface area contributed by atoms with Crippen molar-refractivity contribution < 1.29 is 14.3 Å². The molecule has 2 rings (SSSR count). The lowest BCUT2D eigenvalue weighted by Gasteiger charge is -2.26. The SMILES string of the molecule is CC(N)(C(=O)OCC1CCCCO1)C1CC1. The minimum atomic E-state index is -0.797. The highest BCUT2D eigenvalue weighted by atomic mass is 16.6. The minimum Gasteiger partial charge on any atom is -0.462 e. The Balaban J connectivity index is 1.74. The number of esters is 1. The molecule has 92 valence electrons. The van der Waals surface area contributed by atoms with Crippen LogP contribution in [0.1, 0.15) is 39.0 Å². The van der Waals surface area contributed by atoms with E-state index in [1.54, 1.807) is 6.92 Å². The van der Waals surface area contributed by atoms with E-state index in [-0.39, 0.29) is 12.1 Å². The fourth-order valence-electron chi connectivity index (χ4n) is 2.11. The first-order valence-electron chi connectivity index (χ1n) is 6.18. The van der Waals surface area contributed by atoms with Crippen molar-refractivity contribution in [2.45, 2.75) is 50.7 Å². The van der Waals surface area contributed by atoms with Crippen molar-refractivity contribution in [3.8, 4) is 0 Å². The highest BCUT2D eigenvalue weighted by Gasteiger charge is 2.45. The first kappa shape index (κ1) is 11.9. The van der Waals surface area contributed by atoms with E-state index in [4.69, 9.17) is 15.2 Å². The van der Waals surface area contributed by atoms with E-state index in [0.29, 0.717) is 12.5 Å². The molecule has 1 heterocycles. The van der Waals surface area contributed by atoms with Crippen LogP contribution in [0.25, 0.3) is 0 Å². The van der Waals surface area contributed by atoms with E-state index in [1.807, 2.05) is 0 Å². The van der Waals surface area contributed by atoms with Crippen molar-refractivity contribution >= 4 is 5.97 Å². The Bertz CT molecular complexity index is 255. The van der Waals surface area contributed by atoms with Crippen molar-refractivity contribution in [1.82, 2.24) is 0 Å². The van der Waals surface area contributed by atoms with Crippen LogP contribution < -0.4 is 5.73 Å². The predicted octanol–water partition coefficient (Wildman–Crippen LogP) is 1.23. The Hall–Kier alpha value is -0.610. The molecule has 0 bridgehead atoms. The third-order valence-electron chi connectivity index (χ3n) is 3.54. The van der Waals surface area contributed by atoms with Crippen molar-refractivity contribution in [2.75, 3.05) is 13.2 Å². The van der Waals surface area contributed by atoms with Gasteiger partial charge in [-0.1, -0.05) is 0 Å². The van der Waals surface area contributed by atoms with E-state index < -0.39 is 5.54 Å². The summed E-state index contributed by atoms with van der Waals surface area (Å²) in [6, 6.07) is 0. The van der Waals surface area contributed by atoms with Crippen LogP contribution in [-0.2, 0) is 14.3 Å². The van der Waals surface area contributed by atoms with E-state index in [1.165, 1.54) is 0 Å². The molecule has 16 heavy (non-hydrogen) atoms. The van der Waals surface area contributed by atoms with Gasteiger partial charge >= 0.3 is 5.97 Å². The number of carbonyl (C=O) groups excluding carboxylic acids is 1. The molecule has 4 nitrogen and oxygen atoms in total. The van der Waals surface area contributed by atoms with Crippen LogP contribution in [0.5, 0.6) is 0 Å². The molecule has 1 aliphatic heterocycles. The molecule has 2 atom stereocenters. The second kappa shape index (κ2) is 4.72. The molecular formula is C12H21NO3. The summed E-state index contributed by atoms with van der Waals surface area (Å²) in [6.07, 6.45) is 5.42. The fourth-order valence-corrected chi connectivity index (χ4v) is 2.11. The molecule has 1 saturated heterocycles. The number of rotatable bonds is 4. The summed E-state index contributed by atoms with van der Waals surface area (Å²) in [7, 11) is 0. The first-order valence-corrected chi connectivity index (χ1v) is 6.18. The molecule has 0 spiro atoms. The van der Waals surface area contributed by atoms with Crippen molar-refractivity contribution in [3.05, 3.63) is 0 Å². The minimum absolute atomic E-state index is 0.0766. The lowest BCUT2D eigenvalue weighted by Crippen LogP contribution is -2.49. The van der Waals surface area contributed by atoms with Crippen LogP contribution in [-0.4, -0.2) is 30.8 Å². The monoisotopic (exact) mass is 227 g/mol. The van der Waals surface area contributed by atoms with Gasteiger partial charge in [0.1, 0.15) is 12.1 Å². The highest BCUT2D eigenvalue weighted by molar-refractivity contribution is 5.81. The summed E-state index contributed by atoms with van der Waals surface area (Å²) < 4.78 is 10.8. The molecule has 4 heteroatoms. The summed E-state index contributed by atoms with van der Waals surface area (Å²) in [6.45, 7) is 2.91. The van der Waals surface area contributed by atoms with Gasteiger partial charge in [0, 0.05) is 6.61 Å². The molecular weight excluding hydrogens is 206 g/mol. The quantitative estimate of drug-likeness (QED) is 0.734. The largest absolute Gasteiger partial charge is 0.462 e. The number of carbonyl (C=O) groups is 1. The van der Waals surface area contributed by atoms with Gasteiger partial charge in [0.05, 0.1) is 6.10 Å². The van der Waals surface area contributed by atoms with Crippen LogP contribution in [0.2, 0.25) is 0 Å². The maximum atomic E-state index is 11.8. The van der Waals surface area contributed by atoms with Gasteiger partial charge in [0.25, 0.3) is 0 Å². The molecule has 2 unspecified atom stereocenters. The maximum Gasteiger partial charge on any atom is 0.326 e. The smallest absolute Gasteiger partial charge is 0.326 e. The van der Waals surface area contributed by atoms with Crippen molar-refractivity contribution in [3.63, 3.8) is 0 Å². The summed E-state index contributed by atoms with van der Waals surface area (Å²) in [5.74, 6) is 0.0384.